The fourth-order valence-electron chi connectivity index (χ4n) is 3.26. The number of hydrogen-bond acceptors (Lipinski definition) is 5. The Morgan fingerprint density at radius 1 is 1.23 bits per heavy atom. The highest BCUT2D eigenvalue weighted by Gasteiger charge is 2.25. The number of likely N-dealkylation sites (tertiary alicyclic amines) is 1. The van der Waals surface area contributed by atoms with Gasteiger partial charge in [-0.3, -0.25) is 19.8 Å². The molecule has 1 fully saturated rings. The third-order valence-electron chi connectivity index (χ3n) is 4.92. The maximum absolute atomic E-state index is 13.2. The van der Waals surface area contributed by atoms with Crippen LogP contribution in [-0.2, 0) is 11.3 Å². The predicted octanol–water partition coefficient (Wildman–Crippen LogP) is 4.40. The molecule has 2 aromatic rings. The van der Waals surface area contributed by atoms with Gasteiger partial charge < -0.3 is 0 Å². The van der Waals surface area contributed by atoms with E-state index in [1.165, 1.54) is 30.5 Å². The van der Waals surface area contributed by atoms with Crippen LogP contribution in [0.4, 0.5) is 10.1 Å². The number of nitrogens with zero attached hydrogens (tertiary/aromatic N) is 3. The molecule has 30 heavy (non-hydrogen) atoms. The van der Waals surface area contributed by atoms with Gasteiger partial charge in [-0.2, -0.15) is 5.10 Å². The summed E-state index contributed by atoms with van der Waals surface area (Å²) in [6.45, 7) is 2.01. The summed E-state index contributed by atoms with van der Waals surface area (Å²) in [5.74, 6) is -0.747. The molecule has 10 heteroatoms. The minimum absolute atomic E-state index is 0.0369. The minimum atomic E-state index is -0.578. The number of piperidine rings is 1. The van der Waals surface area contributed by atoms with Crippen molar-refractivity contribution in [3.63, 3.8) is 0 Å². The van der Waals surface area contributed by atoms with Crippen LogP contribution in [0.5, 0.6) is 0 Å². The highest BCUT2D eigenvalue weighted by molar-refractivity contribution is 6.32. The van der Waals surface area contributed by atoms with Gasteiger partial charge in [0.2, 0.25) is 5.91 Å². The Bertz CT molecular complexity index is 979. The standard InChI is InChI=1S/C20H19Cl2FN4O3/c21-17-4-1-13(9-19(17)27(29)30)11-24-25-20(28)14-5-7-26(8-6-14)12-15-2-3-16(23)10-18(15)22/h1-4,9-11,14H,5-8,12H2,(H,25,28)/b24-11+. The fourth-order valence-corrected chi connectivity index (χ4v) is 3.67. The molecule has 0 atom stereocenters. The van der Waals surface area contributed by atoms with Crippen molar-refractivity contribution in [1.82, 2.24) is 10.3 Å². The summed E-state index contributed by atoms with van der Waals surface area (Å²) in [5, 5.41) is 15.2. The molecule has 1 heterocycles. The monoisotopic (exact) mass is 452 g/mol. The summed E-state index contributed by atoms with van der Waals surface area (Å²) in [7, 11) is 0. The van der Waals surface area contributed by atoms with Crippen molar-refractivity contribution in [2.75, 3.05) is 13.1 Å². The van der Waals surface area contributed by atoms with Gasteiger partial charge in [-0.05, 0) is 49.7 Å². The molecule has 1 aliphatic heterocycles. The topological polar surface area (TPSA) is 87.8 Å². The molecule has 7 nitrogen and oxygen atoms in total. The summed E-state index contributed by atoms with van der Waals surface area (Å²) in [6, 6.07) is 8.62. The summed E-state index contributed by atoms with van der Waals surface area (Å²) in [5.41, 5.74) is 3.57. The smallest absolute Gasteiger partial charge is 0.288 e. The Morgan fingerprint density at radius 3 is 2.63 bits per heavy atom. The second kappa shape index (κ2) is 9.97. The molecule has 0 saturated carbocycles. The first-order chi connectivity index (χ1) is 14.3. The Balaban J connectivity index is 1.49. The lowest BCUT2D eigenvalue weighted by atomic mass is 9.96. The first kappa shape index (κ1) is 22.1. The maximum atomic E-state index is 13.2. The number of hydrogen-bond donors (Lipinski definition) is 1. The molecule has 1 amide bonds. The van der Waals surface area contributed by atoms with E-state index in [4.69, 9.17) is 23.2 Å². The van der Waals surface area contributed by atoms with E-state index >= 15 is 0 Å². The minimum Gasteiger partial charge on any atom is -0.299 e. The van der Waals surface area contributed by atoms with Gasteiger partial charge >= 0.3 is 0 Å². The van der Waals surface area contributed by atoms with Gasteiger partial charge in [-0.25, -0.2) is 9.82 Å². The zero-order chi connectivity index (χ0) is 21.7. The molecule has 0 bridgehead atoms. The highest BCUT2D eigenvalue weighted by atomic mass is 35.5. The van der Waals surface area contributed by atoms with Gasteiger partial charge in [0.1, 0.15) is 10.8 Å². The fraction of sp³-hybridized carbons (Fsp3) is 0.300. The van der Waals surface area contributed by atoms with Crippen LogP contribution < -0.4 is 5.43 Å². The number of carbonyl (C=O) groups excluding carboxylic acids is 1. The maximum Gasteiger partial charge on any atom is 0.288 e. The molecule has 0 radical (unpaired) electrons. The number of carbonyl (C=O) groups is 1. The average Bonchev–Trinajstić information content (AvgIpc) is 2.71. The van der Waals surface area contributed by atoms with Crippen LogP contribution in [0.15, 0.2) is 41.5 Å². The van der Waals surface area contributed by atoms with Crippen LogP contribution in [0, 0.1) is 21.8 Å². The number of nitro benzene ring substituents is 1. The SMILES string of the molecule is O=C(N/N=C/c1ccc(Cl)c([N+](=O)[O-])c1)C1CCN(Cc2ccc(F)cc2Cl)CC1. The molecule has 0 aromatic heterocycles. The highest BCUT2D eigenvalue weighted by Crippen LogP contribution is 2.25. The molecule has 2 aromatic carbocycles. The molecular weight excluding hydrogens is 434 g/mol. The van der Waals surface area contributed by atoms with Crippen LogP contribution >= 0.6 is 23.2 Å². The molecule has 1 N–H and O–H groups in total. The van der Waals surface area contributed by atoms with E-state index in [2.05, 4.69) is 15.4 Å². The molecule has 0 spiro atoms. The predicted molar refractivity (Wildman–Crippen MR) is 113 cm³/mol. The quantitative estimate of drug-likeness (QED) is 0.399. The normalized spacial score (nSPS) is 15.4. The number of hydrazone groups is 1. The van der Waals surface area contributed by atoms with Crippen molar-refractivity contribution < 1.29 is 14.1 Å². The van der Waals surface area contributed by atoms with Gasteiger partial charge in [-0.15, -0.1) is 0 Å². The zero-order valence-corrected chi connectivity index (χ0v) is 17.4. The van der Waals surface area contributed by atoms with Crippen molar-refractivity contribution in [3.8, 4) is 0 Å². The third-order valence-corrected chi connectivity index (χ3v) is 5.59. The molecular formula is C20H19Cl2FN4O3. The molecule has 3 rings (SSSR count). The van der Waals surface area contributed by atoms with E-state index in [-0.39, 0.29) is 28.4 Å². The lowest BCUT2D eigenvalue weighted by molar-refractivity contribution is -0.384. The van der Waals surface area contributed by atoms with E-state index in [1.807, 2.05) is 0 Å². The largest absolute Gasteiger partial charge is 0.299 e. The molecule has 158 valence electrons. The van der Waals surface area contributed by atoms with E-state index < -0.39 is 4.92 Å². The number of amides is 1. The lowest BCUT2D eigenvalue weighted by Gasteiger charge is -2.31. The van der Waals surface area contributed by atoms with Crippen LogP contribution in [-0.4, -0.2) is 35.0 Å². The first-order valence-electron chi connectivity index (χ1n) is 9.26. The molecule has 1 aliphatic rings. The van der Waals surface area contributed by atoms with Gasteiger partial charge in [-0.1, -0.05) is 35.3 Å². The van der Waals surface area contributed by atoms with Crippen LogP contribution in [0.1, 0.15) is 24.0 Å². The van der Waals surface area contributed by atoms with Gasteiger partial charge in [0.25, 0.3) is 5.69 Å². The van der Waals surface area contributed by atoms with Gasteiger partial charge in [0, 0.05) is 29.1 Å². The summed E-state index contributed by atoms with van der Waals surface area (Å²) < 4.78 is 13.2. The van der Waals surface area contributed by atoms with Crippen molar-refractivity contribution in [2.45, 2.75) is 19.4 Å². The van der Waals surface area contributed by atoms with Gasteiger partial charge in [0.05, 0.1) is 11.1 Å². The van der Waals surface area contributed by atoms with Crippen molar-refractivity contribution in [3.05, 3.63) is 73.5 Å². The number of rotatable bonds is 6. The number of nitrogens with one attached hydrogen (secondary N) is 1. The van der Waals surface area contributed by atoms with Gasteiger partial charge in [0.15, 0.2) is 0 Å². The van der Waals surface area contributed by atoms with Crippen molar-refractivity contribution in [2.24, 2.45) is 11.0 Å². The Labute approximate surface area is 182 Å². The zero-order valence-electron chi connectivity index (χ0n) is 15.9. The lowest BCUT2D eigenvalue weighted by Crippen LogP contribution is -2.39. The average molecular weight is 453 g/mol. The van der Waals surface area contributed by atoms with E-state index in [0.29, 0.717) is 43.1 Å². The van der Waals surface area contributed by atoms with Crippen LogP contribution in [0.25, 0.3) is 0 Å². The second-order valence-electron chi connectivity index (χ2n) is 6.99. The summed E-state index contributed by atoms with van der Waals surface area (Å²) >= 11 is 11.9. The second-order valence-corrected chi connectivity index (χ2v) is 7.80. The Morgan fingerprint density at radius 2 is 1.97 bits per heavy atom. The summed E-state index contributed by atoms with van der Waals surface area (Å²) in [6.07, 6.45) is 2.66. The van der Waals surface area contributed by atoms with E-state index in [0.717, 1.165) is 5.56 Å². The molecule has 0 aliphatic carbocycles. The number of nitro groups is 1. The summed E-state index contributed by atoms with van der Waals surface area (Å²) in [4.78, 5) is 24.8. The molecule has 1 saturated heterocycles. The Hall–Kier alpha value is -2.55. The Kier molecular flexibility index (Phi) is 7.36. The van der Waals surface area contributed by atoms with Crippen LogP contribution in [0.3, 0.4) is 0 Å². The van der Waals surface area contributed by atoms with Crippen LogP contribution in [0.2, 0.25) is 10.0 Å². The first-order valence-corrected chi connectivity index (χ1v) is 10.0. The van der Waals surface area contributed by atoms with E-state index in [1.54, 1.807) is 12.1 Å². The number of benzene rings is 2. The van der Waals surface area contributed by atoms with Crippen molar-refractivity contribution in [1.29, 1.82) is 0 Å². The third kappa shape index (κ3) is 5.75. The van der Waals surface area contributed by atoms with E-state index in [9.17, 15) is 19.3 Å². The molecule has 0 unspecified atom stereocenters. The number of halogens is 3. The van der Waals surface area contributed by atoms with Crippen molar-refractivity contribution >= 4 is 41.0 Å².